The molecule has 1 aromatic rings. The minimum Gasteiger partial charge on any atom is -0.393 e. The third kappa shape index (κ3) is 2.45. The zero-order valence-electron chi connectivity index (χ0n) is 10.2. The van der Waals surface area contributed by atoms with E-state index in [1.807, 2.05) is 0 Å². The fraction of sp³-hybridized carbons (Fsp3) is 0.571. The summed E-state index contributed by atoms with van der Waals surface area (Å²) in [5.74, 6) is 0.369. The molecule has 0 aromatic heterocycles. The molecule has 16 heavy (non-hydrogen) atoms. The molecule has 2 rings (SSSR count). The van der Waals surface area contributed by atoms with Gasteiger partial charge in [-0.1, -0.05) is 18.2 Å². The average Bonchev–Trinajstić information content (AvgIpc) is 2.26. The Kier molecular flexibility index (Phi) is 3.62. The van der Waals surface area contributed by atoms with Gasteiger partial charge in [0.1, 0.15) is 0 Å². The first kappa shape index (κ1) is 11.6. The van der Waals surface area contributed by atoms with Gasteiger partial charge in [-0.15, -0.1) is 0 Å². The van der Waals surface area contributed by atoms with E-state index in [-0.39, 0.29) is 6.10 Å². The number of rotatable bonds is 2. The van der Waals surface area contributed by atoms with Crippen LogP contribution in [0.1, 0.15) is 23.1 Å². The molecule has 1 saturated heterocycles. The summed E-state index contributed by atoms with van der Waals surface area (Å²) in [6.07, 6.45) is 1.74. The van der Waals surface area contributed by atoms with Gasteiger partial charge in [-0.05, 0) is 49.9 Å². The highest BCUT2D eigenvalue weighted by Gasteiger charge is 2.23. The first-order valence-electron chi connectivity index (χ1n) is 6.12. The molecule has 0 saturated carbocycles. The number of piperidine rings is 1. The molecule has 1 aromatic carbocycles. The molecule has 0 radical (unpaired) electrons. The summed E-state index contributed by atoms with van der Waals surface area (Å²) in [5, 5.41) is 13.3. The molecule has 2 N–H and O–H groups in total. The van der Waals surface area contributed by atoms with Crippen molar-refractivity contribution in [2.24, 2.45) is 5.92 Å². The molecular weight excluding hydrogens is 198 g/mol. The van der Waals surface area contributed by atoms with E-state index in [0.717, 1.165) is 25.9 Å². The number of aliphatic hydroxyl groups excluding tert-OH is 1. The van der Waals surface area contributed by atoms with E-state index in [2.05, 4.69) is 37.4 Å². The van der Waals surface area contributed by atoms with E-state index in [1.165, 1.54) is 16.7 Å². The summed E-state index contributed by atoms with van der Waals surface area (Å²) in [6, 6.07) is 6.42. The molecule has 2 atom stereocenters. The first-order valence-corrected chi connectivity index (χ1v) is 6.12. The molecule has 1 fully saturated rings. The average molecular weight is 219 g/mol. The van der Waals surface area contributed by atoms with E-state index in [0.29, 0.717) is 5.92 Å². The van der Waals surface area contributed by atoms with Crippen molar-refractivity contribution in [3.05, 3.63) is 34.9 Å². The largest absolute Gasteiger partial charge is 0.393 e. The van der Waals surface area contributed by atoms with Gasteiger partial charge in [0.2, 0.25) is 0 Å². The summed E-state index contributed by atoms with van der Waals surface area (Å²) in [6.45, 7) is 6.20. The Morgan fingerprint density at radius 3 is 2.62 bits per heavy atom. The fourth-order valence-corrected chi connectivity index (χ4v) is 2.55. The summed E-state index contributed by atoms with van der Waals surface area (Å²) >= 11 is 0. The van der Waals surface area contributed by atoms with Gasteiger partial charge in [0.25, 0.3) is 0 Å². The number of aryl methyl sites for hydroxylation is 2. The lowest BCUT2D eigenvalue weighted by atomic mass is 9.86. The van der Waals surface area contributed by atoms with Gasteiger partial charge in [-0.3, -0.25) is 0 Å². The summed E-state index contributed by atoms with van der Waals surface area (Å²) in [7, 11) is 0. The second-order valence-corrected chi connectivity index (χ2v) is 4.89. The van der Waals surface area contributed by atoms with Crippen molar-refractivity contribution < 1.29 is 5.11 Å². The van der Waals surface area contributed by atoms with Gasteiger partial charge in [0.05, 0.1) is 6.10 Å². The Morgan fingerprint density at radius 1 is 1.31 bits per heavy atom. The van der Waals surface area contributed by atoms with Crippen LogP contribution in [0.4, 0.5) is 0 Å². The maximum absolute atomic E-state index is 9.97. The lowest BCUT2D eigenvalue weighted by Gasteiger charge is -2.29. The van der Waals surface area contributed by atoms with E-state index in [9.17, 15) is 5.11 Å². The highest BCUT2D eigenvalue weighted by atomic mass is 16.3. The second-order valence-electron chi connectivity index (χ2n) is 4.89. The van der Waals surface area contributed by atoms with E-state index in [4.69, 9.17) is 0 Å². The summed E-state index contributed by atoms with van der Waals surface area (Å²) < 4.78 is 0. The van der Waals surface area contributed by atoms with Gasteiger partial charge in [-0.25, -0.2) is 0 Å². The zero-order chi connectivity index (χ0) is 11.5. The highest BCUT2D eigenvalue weighted by molar-refractivity contribution is 5.34. The van der Waals surface area contributed by atoms with Crippen LogP contribution in [0.2, 0.25) is 0 Å². The molecule has 2 unspecified atom stereocenters. The predicted octanol–water partition coefficient (Wildman–Crippen LogP) is 1.82. The smallest absolute Gasteiger partial charge is 0.0595 e. The van der Waals surface area contributed by atoms with Crippen LogP contribution in [0.25, 0.3) is 0 Å². The van der Waals surface area contributed by atoms with Gasteiger partial charge in [0.15, 0.2) is 0 Å². The monoisotopic (exact) mass is 219 g/mol. The molecule has 2 heteroatoms. The lowest BCUT2D eigenvalue weighted by Crippen LogP contribution is -2.41. The summed E-state index contributed by atoms with van der Waals surface area (Å²) in [4.78, 5) is 0. The minimum atomic E-state index is -0.139. The van der Waals surface area contributed by atoms with Crippen molar-refractivity contribution >= 4 is 0 Å². The molecule has 1 aliphatic rings. The first-order chi connectivity index (χ1) is 7.68. The fourth-order valence-electron chi connectivity index (χ4n) is 2.55. The van der Waals surface area contributed by atoms with Gasteiger partial charge >= 0.3 is 0 Å². The normalized spacial score (nSPS) is 25.7. The van der Waals surface area contributed by atoms with Crippen LogP contribution in [-0.2, 0) is 6.42 Å². The Balaban J connectivity index is 2.13. The summed E-state index contributed by atoms with van der Waals surface area (Å²) in [5.41, 5.74) is 4.10. The Bertz CT molecular complexity index is 342. The van der Waals surface area contributed by atoms with Gasteiger partial charge in [-0.2, -0.15) is 0 Å². The Labute approximate surface area is 97.7 Å². The van der Waals surface area contributed by atoms with Crippen LogP contribution >= 0.6 is 0 Å². The van der Waals surface area contributed by atoms with E-state index < -0.39 is 0 Å². The van der Waals surface area contributed by atoms with Crippen LogP contribution < -0.4 is 5.32 Å². The van der Waals surface area contributed by atoms with E-state index >= 15 is 0 Å². The topological polar surface area (TPSA) is 32.3 Å². The third-order valence-electron chi connectivity index (χ3n) is 3.68. The quantitative estimate of drug-likeness (QED) is 0.795. The van der Waals surface area contributed by atoms with Crippen molar-refractivity contribution in [3.63, 3.8) is 0 Å². The van der Waals surface area contributed by atoms with Crippen molar-refractivity contribution in [1.29, 1.82) is 0 Å². The predicted molar refractivity (Wildman–Crippen MR) is 66.6 cm³/mol. The van der Waals surface area contributed by atoms with Crippen molar-refractivity contribution in [2.45, 2.75) is 32.8 Å². The standard InChI is InChI=1S/C14H21NO/c1-10-4-3-5-11(2)13(10)8-12-9-15-7-6-14(12)16/h3-5,12,14-16H,6-9H2,1-2H3. The Hall–Kier alpha value is -0.860. The van der Waals surface area contributed by atoms with Gasteiger partial charge in [0, 0.05) is 12.5 Å². The number of nitrogens with one attached hydrogen (secondary N) is 1. The molecule has 0 aliphatic carbocycles. The van der Waals surface area contributed by atoms with Gasteiger partial charge < -0.3 is 10.4 Å². The molecule has 2 nitrogen and oxygen atoms in total. The van der Waals surface area contributed by atoms with Crippen LogP contribution in [0.3, 0.4) is 0 Å². The van der Waals surface area contributed by atoms with Crippen LogP contribution in [0, 0.1) is 19.8 Å². The SMILES string of the molecule is Cc1cccc(C)c1CC1CNCCC1O. The van der Waals surface area contributed by atoms with Crippen molar-refractivity contribution in [1.82, 2.24) is 5.32 Å². The number of benzene rings is 1. The van der Waals surface area contributed by atoms with Crippen LogP contribution in [-0.4, -0.2) is 24.3 Å². The highest BCUT2D eigenvalue weighted by Crippen LogP contribution is 2.22. The molecular formula is C14H21NO. The molecule has 88 valence electrons. The third-order valence-corrected chi connectivity index (χ3v) is 3.68. The molecule has 1 aliphatic heterocycles. The zero-order valence-corrected chi connectivity index (χ0v) is 10.2. The number of hydrogen-bond donors (Lipinski definition) is 2. The maximum Gasteiger partial charge on any atom is 0.0595 e. The maximum atomic E-state index is 9.97. The number of hydrogen-bond acceptors (Lipinski definition) is 2. The van der Waals surface area contributed by atoms with Crippen molar-refractivity contribution in [2.75, 3.05) is 13.1 Å². The van der Waals surface area contributed by atoms with E-state index in [1.54, 1.807) is 0 Å². The molecule has 0 spiro atoms. The minimum absolute atomic E-state index is 0.139. The van der Waals surface area contributed by atoms with Crippen LogP contribution in [0.5, 0.6) is 0 Å². The molecule has 0 bridgehead atoms. The second kappa shape index (κ2) is 4.98. The number of aliphatic hydroxyl groups is 1. The lowest BCUT2D eigenvalue weighted by molar-refractivity contribution is 0.0790. The van der Waals surface area contributed by atoms with Crippen molar-refractivity contribution in [3.8, 4) is 0 Å². The van der Waals surface area contributed by atoms with Crippen LogP contribution in [0.15, 0.2) is 18.2 Å². The molecule has 0 amide bonds. The Morgan fingerprint density at radius 2 is 2.00 bits per heavy atom. The molecule has 1 heterocycles.